The molecule has 0 aliphatic heterocycles. The van der Waals surface area contributed by atoms with Gasteiger partial charge in [0.05, 0.1) is 11.3 Å². The lowest BCUT2D eigenvalue weighted by Crippen LogP contribution is -2.15. The number of benzene rings is 1. The average Bonchev–Trinajstić information content (AvgIpc) is 2.63. The number of hydrogen-bond donors (Lipinski definition) is 2. The zero-order valence-corrected chi connectivity index (χ0v) is 9.81. The molecule has 0 spiro atoms. The van der Waals surface area contributed by atoms with Crippen LogP contribution < -0.4 is 11.5 Å². The monoisotopic (exact) mass is 280 g/mol. The summed E-state index contributed by atoms with van der Waals surface area (Å²) < 4.78 is 2.15. The van der Waals surface area contributed by atoms with Crippen LogP contribution in [0.25, 0.3) is 5.69 Å². The standard InChI is InChI=1S/C10H9BrN4O/c11-6-2-1-3-7(9(6)10(13)16)15-5-4-8(12)14-15/h1-5H,(H2,12,14)(H2,13,16). The highest BCUT2D eigenvalue weighted by molar-refractivity contribution is 9.10. The van der Waals surface area contributed by atoms with Crippen molar-refractivity contribution in [2.45, 2.75) is 0 Å². The van der Waals surface area contributed by atoms with E-state index in [1.807, 2.05) is 0 Å². The Morgan fingerprint density at radius 3 is 2.69 bits per heavy atom. The van der Waals surface area contributed by atoms with Crippen LogP contribution in [-0.2, 0) is 0 Å². The summed E-state index contributed by atoms with van der Waals surface area (Å²) in [5.74, 6) is -0.132. The smallest absolute Gasteiger partial charge is 0.252 e. The van der Waals surface area contributed by atoms with E-state index < -0.39 is 5.91 Å². The molecule has 2 aromatic rings. The van der Waals surface area contributed by atoms with E-state index in [0.29, 0.717) is 21.5 Å². The summed E-state index contributed by atoms with van der Waals surface area (Å²) >= 11 is 3.28. The predicted octanol–water partition coefficient (Wildman–Crippen LogP) is 1.32. The van der Waals surface area contributed by atoms with E-state index >= 15 is 0 Å². The van der Waals surface area contributed by atoms with Crippen LogP contribution >= 0.6 is 15.9 Å². The van der Waals surface area contributed by atoms with Crippen LogP contribution in [0.1, 0.15) is 10.4 Å². The van der Waals surface area contributed by atoms with Crippen molar-refractivity contribution in [3.8, 4) is 5.69 Å². The van der Waals surface area contributed by atoms with Crippen molar-refractivity contribution >= 4 is 27.7 Å². The van der Waals surface area contributed by atoms with E-state index in [2.05, 4.69) is 21.0 Å². The second-order valence-corrected chi connectivity index (χ2v) is 4.04. The van der Waals surface area contributed by atoms with E-state index in [4.69, 9.17) is 11.5 Å². The Balaban J connectivity index is 2.65. The quantitative estimate of drug-likeness (QED) is 0.870. The Morgan fingerprint density at radius 1 is 1.38 bits per heavy atom. The number of carbonyl (C=O) groups is 1. The SMILES string of the molecule is NC(=O)c1c(Br)cccc1-n1ccc(N)n1. The molecule has 0 saturated heterocycles. The zero-order valence-electron chi connectivity index (χ0n) is 8.22. The summed E-state index contributed by atoms with van der Waals surface area (Å²) in [6, 6.07) is 6.93. The van der Waals surface area contributed by atoms with Crippen LogP contribution in [0.5, 0.6) is 0 Å². The van der Waals surface area contributed by atoms with Gasteiger partial charge in [-0.1, -0.05) is 6.07 Å². The van der Waals surface area contributed by atoms with E-state index in [1.165, 1.54) is 4.68 Å². The Labute approximate surface area is 100 Å². The zero-order chi connectivity index (χ0) is 11.7. The molecule has 1 aromatic carbocycles. The highest BCUT2D eigenvalue weighted by Gasteiger charge is 2.13. The molecule has 2 rings (SSSR count). The van der Waals surface area contributed by atoms with E-state index in [0.717, 1.165) is 0 Å². The van der Waals surface area contributed by atoms with Gasteiger partial charge in [-0.05, 0) is 28.1 Å². The first-order valence-electron chi connectivity index (χ1n) is 4.49. The fourth-order valence-corrected chi connectivity index (χ4v) is 1.97. The van der Waals surface area contributed by atoms with Gasteiger partial charge in [0.15, 0.2) is 0 Å². The second-order valence-electron chi connectivity index (χ2n) is 3.18. The maximum atomic E-state index is 11.3. The Hall–Kier alpha value is -1.82. The Morgan fingerprint density at radius 2 is 2.12 bits per heavy atom. The van der Waals surface area contributed by atoms with Crippen LogP contribution in [-0.4, -0.2) is 15.7 Å². The summed E-state index contributed by atoms with van der Waals surface area (Å²) in [4.78, 5) is 11.3. The summed E-state index contributed by atoms with van der Waals surface area (Å²) in [5.41, 5.74) is 11.8. The number of nitrogen functional groups attached to an aromatic ring is 1. The lowest BCUT2D eigenvalue weighted by molar-refractivity contribution is 0.0999. The molecule has 1 aromatic heterocycles. The second kappa shape index (κ2) is 3.97. The van der Waals surface area contributed by atoms with Crippen LogP contribution in [0.4, 0.5) is 5.82 Å². The molecule has 0 aliphatic carbocycles. The number of anilines is 1. The van der Waals surface area contributed by atoms with Crippen LogP contribution in [0.2, 0.25) is 0 Å². The molecule has 0 radical (unpaired) electrons. The minimum absolute atomic E-state index is 0.380. The van der Waals surface area contributed by atoms with Crippen LogP contribution in [0, 0.1) is 0 Å². The van der Waals surface area contributed by atoms with Gasteiger partial charge in [-0.25, -0.2) is 4.68 Å². The Kier molecular flexibility index (Phi) is 2.66. The number of carbonyl (C=O) groups excluding carboxylic acids is 1. The van der Waals surface area contributed by atoms with Gasteiger partial charge in [0.25, 0.3) is 5.91 Å². The van der Waals surface area contributed by atoms with Crippen molar-refractivity contribution in [1.82, 2.24) is 9.78 Å². The van der Waals surface area contributed by atoms with E-state index in [1.54, 1.807) is 30.5 Å². The number of nitrogens with two attached hydrogens (primary N) is 2. The minimum atomic E-state index is -0.517. The molecule has 4 N–H and O–H groups in total. The number of rotatable bonds is 2. The molecule has 0 fully saturated rings. The number of primary amides is 1. The summed E-state index contributed by atoms with van der Waals surface area (Å²) in [5, 5.41) is 4.03. The molecule has 1 heterocycles. The molecular weight excluding hydrogens is 272 g/mol. The molecule has 1 amide bonds. The Bertz CT molecular complexity index is 550. The van der Waals surface area contributed by atoms with Gasteiger partial charge in [-0.2, -0.15) is 5.10 Å². The van der Waals surface area contributed by atoms with Crippen molar-refractivity contribution in [3.63, 3.8) is 0 Å². The maximum Gasteiger partial charge on any atom is 0.252 e. The molecule has 6 heteroatoms. The van der Waals surface area contributed by atoms with Crippen molar-refractivity contribution in [1.29, 1.82) is 0 Å². The first kappa shape index (κ1) is 10.7. The largest absolute Gasteiger partial charge is 0.382 e. The molecule has 0 saturated carbocycles. The van der Waals surface area contributed by atoms with Crippen molar-refractivity contribution in [2.24, 2.45) is 5.73 Å². The van der Waals surface area contributed by atoms with Crippen LogP contribution in [0.3, 0.4) is 0 Å². The number of nitrogens with zero attached hydrogens (tertiary/aromatic N) is 2. The molecule has 0 aliphatic rings. The maximum absolute atomic E-state index is 11.3. The third-order valence-corrected chi connectivity index (χ3v) is 2.76. The van der Waals surface area contributed by atoms with Crippen LogP contribution in [0.15, 0.2) is 34.9 Å². The van der Waals surface area contributed by atoms with E-state index in [-0.39, 0.29) is 0 Å². The molecular formula is C10H9BrN4O. The van der Waals surface area contributed by atoms with Gasteiger partial charge in [-0.15, -0.1) is 0 Å². The first-order valence-corrected chi connectivity index (χ1v) is 5.28. The van der Waals surface area contributed by atoms with Crippen molar-refractivity contribution < 1.29 is 4.79 Å². The molecule has 82 valence electrons. The third-order valence-electron chi connectivity index (χ3n) is 2.09. The first-order chi connectivity index (χ1) is 7.59. The summed E-state index contributed by atoms with van der Waals surface area (Å²) in [6.45, 7) is 0. The van der Waals surface area contributed by atoms with Gasteiger partial charge in [0.1, 0.15) is 5.82 Å². The van der Waals surface area contributed by atoms with Gasteiger partial charge in [-0.3, -0.25) is 4.79 Å². The number of amides is 1. The highest BCUT2D eigenvalue weighted by atomic mass is 79.9. The van der Waals surface area contributed by atoms with Gasteiger partial charge in [0, 0.05) is 16.7 Å². The highest BCUT2D eigenvalue weighted by Crippen LogP contribution is 2.23. The minimum Gasteiger partial charge on any atom is -0.382 e. The third kappa shape index (κ3) is 1.79. The fraction of sp³-hybridized carbons (Fsp3) is 0. The van der Waals surface area contributed by atoms with Crippen molar-refractivity contribution in [3.05, 3.63) is 40.5 Å². The lowest BCUT2D eigenvalue weighted by Gasteiger charge is -2.08. The van der Waals surface area contributed by atoms with Gasteiger partial charge in [0.2, 0.25) is 0 Å². The predicted molar refractivity (Wildman–Crippen MR) is 64.2 cm³/mol. The number of hydrogen-bond acceptors (Lipinski definition) is 3. The molecule has 5 nitrogen and oxygen atoms in total. The molecule has 16 heavy (non-hydrogen) atoms. The average molecular weight is 281 g/mol. The topological polar surface area (TPSA) is 86.9 Å². The van der Waals surface area contributed by atoms with Crippen molar-refractivity contribution in [2.75, 3.05) is 5.73 Å². The fourth-order valence-electron chi connectivity index (χ4n) is 1.42. The van der Waals surface area contributed by atoms with Gasteiger partial charge < -0.3 is 11.5 Å². The summed E-state index contributed by atoms with van der Waals surface area (Å²) in [6.07, 6.45) is 1.67. The van der Waals surface area contributed by atoms with Gasteiger partial charge >= 0.3 is 0 Å². The normalized spacial score (nSPS) is 10.3. The number of halogens is 1. The molecule has 0 unspecified atom stereocenters. The van der Waals surface area contributed by atoms with E-state index in [9.17, 15) is 4.79 Å². The number of aromatic nitrogens is 2. The lowest BCUT2D eigenvalue weighted by atomic mass is 10.1. The summed E-state index contributed by atoms with van der Waals surface area (Å²) in [7, 11) is 0. The molecule has 0 atom stereocenters. The molecule has 0 bridgehead atoms.